The largest absolute Gasteiger partial charge is 0.455 e. The summed E-state index contributed by atoms with van der Waals surface area (Å²) in [6.07, 6.45) is 0. The maximum atomic E-state index is 6.69. The molecule has 0 aliphatic heterocycles. The number of hydrogen-bond donors (Lipinski definition) is 0. The molecule has 2 nitrogen and oxygen atoms in total. The van der Waals surface area contributed by atoms with Gasteiger partial charge in [-0.2, -0.15) is 0 Å². The van der Waals surface area contributed by atoms with Crippen LogP contribution in [0.25, 0.3) is 85.9 Å². The average Bonchev–Trinajstić information content (AvgIpc) is 3.81. The van der Waals surface area contributed by atoms with E-state index in [2.05, 4.69) is 193 Å². The first kappa shape index (κ1) is 30.0. The summed E-state index contributed by atoms with van der Waals surface area (Å²) in [7, 11) is 0. The first-order valence-corrected chi connectivity index (χ1v) is 18.8. The van der Waals surface area contributed by atoms with Crippen molar-refractivity contribution in [1.29, 1.82) is 0 Å². The van der Waals surface area contributed by atoms with Gasteiger partial charge in [-0.25, -0.2) is 0 Å². The van der Waals surface area contributed by atoms with Crippen LogP contribution in [0.4, 0.5) is 17.1 Å². The number of fused-ring (bicyclic) bond motifs is 9. The molecule has 0 bridgehead atoms. The summed E-state index contributed by atoms with van der Waals surface area (Å²) >= 11 is 1.86. The molecule has 11 rings (SSSR count). The van der Waals surface area contributed by atoms with Crippen molar-refractivity contribution >= 4 is 92.1 Å². The van der Waals surface area contributed by atoms with Crippen LogP contribution >= 0.6 is 11.3 Å². The van der Waals surface area contributed by atoms with Crippen LogP contribution in [0.5, 0.6) is 0 Å². The van der Waals surface area contributed by atoms with E-state index >= 15 is 0 Å². The Balaban J connectivity index is 1.13. The van der Waals surface area contributed by atoms with Crippen molar-refractivity contribution in [2.24, 2.45) is 0 Å². The quantitative estimate of drug-likeness (QED) is 0.178. The highest BCUT2D eigenvalue weighted by atomic mass is 32.1. The maximum absolute atomic E-state index is 6.69. The lowest BCUT2D eigenvalue weighted by molar-refractivity contribution is 0.672. The lowest BCUT2D eigenvalue weighted by Crippen LogP contribution is -2.10. The molecule has 0 N–H and O–H groups in total. The Kier molecular flexibility index (Phi) is 6.76. The normalized spacial score (nSPS) is 11.8. The van der Waals surface area contributed by atoms with Gasteiger partial charge in [0.05, 0.1) is 11.1 Å². The molecule has 3 heteroatoms. The molecule has 0 amide bonds. The van der Waals surface area contributed by atoms with E-state index in [4.69, 9.17) is 4.42 Å². The van der Waals surface area contributed by atoms with Gasteiger partial charge in [0.15, 0.2) is 0 Å². The van der Waals surface area contributed by atoms with Crippen molar-refractivity contribution in [2.45, 2.75) is 0 Å². The van der Waals surface area contributed by atoms with Gasteiger partial charge in [-0.15, -0.1) is 11.3 Å². The lowest BCUT2D eigenvalue weighted by atomic mass is 9.97. The zero-order chi connectivity index (χ0) is 34.9. The zero-order valence-corrected chi connectivity index (χ0v) is 29.5. The van der Waals surface area contributed by atoms with Crippen LogP contribution in [0.3, 0.4) is 0 Å². The third-order valence-electron chi connectivity index (χ3n) is 10.7. The monoisotopic (exact) mass is 693 g/mol. The summed E-state index contributed by atoms with van der Waals surface area (Å²) in [5.41, 5.74) is 9.87. The van der Waals surface area contributed by atoms with Crippen LogP contribution in [-0.4, -0.2) is 0 Å². The summed E-state index contributed by atoms with van der Waals surface area (Å²) in [4.78, 5) is 2.39. The molecule has 0 spiro atoms. The third kappa shape index (κ3) is 4.78. The molecular weight excluding hydrogens is 663 g/mol. The summed E-state index contributed by atoms with van der Waals surface area (Å²) < 4.78 is 9.32. The second-order valence-corrected chi connectivity index (χ2v) is 14.7. The average molecular weight is 694 g/mol. The van der Waals surface area contributed by atoms with Crippen LogP contribution in [0, 0.1) is 0 Å². The fraction of sp³-hybridized carbons (Fsp3) is 0. The van der Waals surface area contributed by atoms with Crippen LogP contribution in [-0.2, 0) is 0 Å². The fourth-order valence-electron chi connectivity index (χ4n) is 8.24. The molecule has 0 saturated heterocycles. The summed E-state index contributed by atoms with van der Waals surface area (Å²) in [5.74, 6) is 0. The van der Waals surface area contributed by atoms with Gasteiger partial charge in [0.25, 0.3) is 0 Å². The minimum atomic E-state index is 0.872. The van der Waals surface area contributed by atoms with Crippen LogP contribution < -0.4 is 4.90 Å². The Labute approximate surface area is 310 Å². The van der Waals surface area contributed by atoms with Crippen LogP contribution in [0.1, 0.15) is 0 Å². The fourth-order valence-corrected chi connectivity index (χ4v) is 9.38. The predicted molar refractivity (Wildman–Crippen MR) is 227 cm³/mol. The molecule has 0 saturated carbocycles. The SMILES string of the molecule is c1cc(-c2cccc3ccccc23)cc(N(c2ccc(-c3cccc4sc5ccccc5c34)cc2)c2cccc3oc4c5ccccc5ccc4c23)c1. The summed E-state index contributed by atoms with van der Waals surface area (Å²) in [5, 5.41) is 9.61. The topological polar surface area (TPSA) is 16.4 Å². The van der Waals surface area contributed by atoms with E-state index in [9.17, 15) is 0 Å². The first-order chi connectivity index (χ1) is 26.3. The number of furan rings is 1. The highest BCUT2D eigenvalue weighted by molar-refractivity contribution is 7.25. The van der Waals surface area contributed by atoms with Crippen molar-refractivity contribution in [3.63, 3.8) is 0 Å². The van der Waals surface area contributed by atoms with Crippen molar-refractivity contribution in [3.05, 3.63) is 188 Å². The molecule has 53 heavy (non-hydrogen) atoms. The van der Waals surface area contributed by atoms with Gasteiger partial charge in [0, 0.05) is 42.3 Å². The third-order valence-corrected chi connectivity index (χ3v) is 11.8. The van der Waals surface area contributed by atoms with Gasteiger partial charge in [-0.3, -0.25) is 0 Å². The highest BCUT2D eigenvalue weighted by Crippen LogP contribution is 2.46. The van der Waals surface area contributed by atoms with Crippen molar-refractivity contribution in [2.75, 3.05) is 4.90 Å². The molecule has 0 unspecified atom stereocenters. The molecule has 0 aliphatic rings. The standard InChI is InChI=1S/C50H31NOS/c1-3-16-38-32(11-1)13-8-19-39(38)35-14-7-15-37(31-35)51(44-21-10-22-45-49(44)43-30-27-33-12-2-4-17-41(33)50(43)52-45)36-28-25-34(26-29-36)40-20-9-24-47-48(40)42-18-5-6-23-46(42)53-47/h1-31H. The van der Waals surface area contributed by atoms with E-state index in [0.717, 1.165) is 44.4 Å². The number of benzene rings is 9. The second kappa shape index (κ2) is 11.9. The Morgan fingerprint density at radius 2 is 1.08 bits per heavy atom. The van der Waals surface area contributed by atoms with Gasteiger partial charge in [0.1, 0.15) is 11.2 Å². The summed E-state index contributed by atoms with van der Waals surface area (Å²) in [6.45, 7) is 0. The van der Waals surface area contributed by atoms with Gasteiger partial charge < -0.3 is 9.32 Å². The Morgan fingerprint density at radius 1 is 0.396 bits per heavy atom. The highest BCUT2D eigenvalue weighted by Gasteiger charge is 2.21. The molecule has 2 aromatic heterocycles. The smallest absolute Gasteiger partial charge is 0.143 e. The van der Waals surface area contributed by atoms with Gasteiger partial charge in [0.2, 0.25) is 0 Å². The molecule has 11 aromatic rings. The van der Waals surface area contributed by atoms with Gasteiger partial charge in [-0.1, -0.05) is 133 Å². The van der Waals surface area contributed by atoms with Gasteiger partial charge in [-0.05, 0) is 93.0 Å². The molecule has 0 aliphatic carbocycles. The Hall–Kier alpha value is -6.68. The molecule has 0 atom stereocenters. The zero-order valence-electron chi connectivity index (χ0n) is 28.7. The predicted octanol–water partition coefficient (Wildman–Crippen LogP) is 15.1. The molecule has 0 radical (unpaired) electrons. The van der Waals surface area contributed by atoms with Crippen LogP contribution in [0.15, 0.2) is 192 Å². The minimum absolute atomic E-state index is 0.872. The van der Waals surface area contributed by atoms with Gasteiger partial charge >= 0.3 is 0 Å². The van der Waals surface area contributed by atoms with E-state index < -0.39 is 0 Å². The first-order valence-electron chi connectivity index (χ1n) is 18.0. The van der Waals surface area contributed by atoms with E-state index in [-0.39, 0.29) is 0 Å². The number of nitrogens with zero attached hydrogens (tertiary/aromatic N) is 1. The Bertz CT molecular complexity index is 3180. The Morgan fingerprint density at radius 3 is 1.96 bits per heavy atom. The number of rotatable bonds is 5. The maximum Gasteiger partial charge on any atom is 0.143 e. The lowest BCUT2D eigenvalue weighted by Gasteiger charge is -2.27. The van der Waals surface area contributed by atoms with E-state index in [0.29, 0.717) is 0 Å². The van der Waals surface area contributed by atoms with Crippen LogP contribution in [0.2, 0.25) is 0 Å². The molecule has 0 fully saturated rings. The minimum Gasteiger partial charge on any atom is -0.455 e. The van der Waals surface area contributed by atoms with E-state index in [1.54, 1.807) is 0 Å². The number of thiophene rings is 1. The van der Waals surface area contributed by atoms with E-state index in [1.807, 2.05) is 11.3 Å². The molecule has 248 valence electrons. The summed E-state index contributed by atoms with van der Waals surface area (Å²) in [6, 6.07) is 68.0. The van der Waals surface area contributed by atoms with E-state index in [1.165, 1.54) is 58.6 Å². The molecular formula is C50H31NOS. The van der Waals surface area contributed by atoms with Crippen molar-refractivity contribution < 1.29 is 4.42 Å². The van der Waals surface area contributed by atoms with Crippen molar-refractivity contribution in [3.8, 4) is 22.3 Å². The van der Waals surface area contributed by atoms with Crippen molar-refractivity contribution in [1.82, 2.24) is 0 Å². The molecule has 2 heterocycles. The molecule has 9 aromatic carbocycles. The second-order valence-electron chi connectivity index (χ2n) is 13.7. The number of hydrogen-bond acceptors (Lipinski definition) is 3. The number of anilines is 3.